The monoisotopic (exact) mass is 496 g/mol. The van der Waals surface area contributed by atoms with E-state index < -0.39 is 0 Å². The Morgan fingerprint density at radius 1 is 1.00 bits per heavy atom. The molecule has 2 aromatic rings. The van der Waals surface area contributed by atoms with Crippen molar-refractivity contribution in [2.24, 2.45) is 4.99 Å². The summed E-state index contributed by atoms with van der Waals surface area (Å²) in [5.41, 5.74) is 4.07. The van der Waals surface area contributed by atoms with Gasteiger partial charge in [0.25, 0.3) is 5.91 Å². The Bertz CT molecular complexity index is 776. The minimum Gasteiger partial charge on any atom is -0.380 e. The van der Waals surface area contributed by atoms with Gasteiger partial charge in [0.1, 0.15) is 0 Å². The van der Waals surface area contributed by atoms with E-state index in [9.17, 15) is 4.79 Å². The average Bonchev–Trinajstić information content (AvgIpc) is 2.68. The molecule has 0 unspecified atom stereocenters. The maximum atomic E-state index is 11.9. The van der Waals surface area contributed by atoms with Gasteiger partial charge in [0.2, 0.25) is 0 Å². The number of methoxy groups -OCH3 is 1. The number of rotatable bonds is 7. The van der Waals surface area contributed by atoms with Crippen molar-refractivity contribution in [3.8, 4) is 0 Å². The summed E-state index contributed by atoms with van der Waals surface area (Å²) in [7, 11) is 6.94. The highest BCUT2D eigenvalue weighted by Crippen LogP contribution is 2.07. The number of nitrogens with one attached hydrogen (secondary N) is 2. The number of nitrogens with zero attached hydrogens (tertiary/aromatic N) is 2. The fraction of sp³-hybridized carbons (Fsp3) is 0.333. The summed E-state index contributed by atoms with van der Waals surface area (Å²) < 4.78 is 5.17. The molecule has 0 radical (unpaired) electrons. The van der Waals surface area contributed by atoms with E-state index in [0.717, 1.165) is 17.1 Å². The predicted octanol–water partition coefficient (Wildman–Crippen LogP) is 3.02. The van der Waals surface area contributed by atoms with Crippen LogP contribution in [-0.2, 0) is 24.4 Å². The molecule has 0 aliphatic carbocycles. The van der Waals surface area contributed by atoms with Gasteiger partial charge >= 0.3 is 0 Å². The molecule has 1 amide bonds. The van der Waals surface area contributed by atoms with Crippen LogP contribution in [0.3, 0.4) is 0 Å². The molecule has 0 aromatic heterocycles. The SMILES string of the molecule is CN=C(NCc1ccc(C(=O)N(C)C)cc1)NCc1cccc(COC)c1.I. The normalized spacial score (nSPS) is 10.8. The highest BCUT2D eigenvalue weighted by molar-refractivity contribution is 14.0. The number of hydrogen-bond donors (Lipinski definition) is 2. The van der Waals surface area contributed by atoms with Gasteiger partial charge < -0.3 is 20.3 Å². The van der Waals surface area contributed by atoms with Crippen LogP contribution < -0.4 is 10.6 Å². The molecule has 0 aliphatic heterocycles. The molecule has 0 spiro atoms. The van der Waals surface area contributed by atoms with Crippen LogP contribution >= 0.6 is 24.0 Å². The molecule has 2 N–H and O–H groups in total. The number of hydrogen-bond acceptors (Lipinski definition) is 3. The molecule has 0 atom stereocenters. The van der Waals surface area contributed by atoms with Gasteiger partial charge in [-0.2, -0.15) is 0 Å². The first-order chi connectivity index (χ1) is 13.0. The first-order valence-corrected chi connectivity index (χ1v) is 8.85. The summed E-state index contributed by atoms with van der Waals surface area (Å²) in [5, 5.41) is 6.59. The standard InChI is InChI=1S/C21H28N4O2.HI/c1-22-21(24-14-17-6-5-7-18(12-17)15-27-4)23-13-16-8-10-19(11-9-16)20(26)25(2)3;/h5-12H,13-15H2,1-4H3,(H2,22,23,24);1H. The van der Waals surface area contributed by atoms with Crippen molar-refractivity contribution in [1.82, 2.24) is 15.5 Å². The molecular weight excluding hydrogens is 467 g/mol. The van der Waals surface area contributed by atoms with Crippen LogP contribution in [0.4, 0.5) is 0 Å². The molecule has 2 rings (SSSR count). The smallest absolute Gasteiger partial charge is 0.253 e. The van der Waals surface area contributed by atoms with Gasteiger partial charge in [-0.25, -0.2) is 0 Å². The molecule has 0 saturated carbocycles. The van der Waals surface area contributed by atoms with E-state index in [2.05, 4.69) is 27.8 Å². The first-order valence-electron chi connectivity index (χ1n) is 8.85. The Balaban J connectivity index is 0.00000392. The van der Waals surface area contributed by atoms with Crippen LogP contribution in [0.1, 0.15) is 27.0 Å². The zero-order valence-electron chi connectivity index (χ0n) is 16.9. The van der Waals surface area contributed by atoms with E-state index in [4.69, 9.17) is 4.74 Å². The van der Waals surface area contributed by atoms with Crippen molar-refractivity contribution in [2.45, 2.75) is 19.7 Å². The quantitative estimate of drug-likeness (QED) is 0.352. The fourth-order valence-corrected chi connectivity index (χ4v) is 2.61. The highest BCUT2D eigenvalue weighted by atomic mass is 127. The number of carbonyl (C=O) groups excluding carboxylic acids is 1. The maximum Gasteiger partial charge on any atom is 0.253 e. The zero-order chi connectivity index (χ0) is 19.6. The second kappa shape index (κ2) is 12.4. The van der Waals surface area contributed by atoms with E-state index in [1.165, 1.54) is 5.56 Å². The number of amides is 1. The molecule has 0 aliphatic rings. The molecule has 28 heavy (non-hydrogen) atoms. The lowest BCUT2D eigenvalue weighted by Crippen LogP contribution is -2.36. The Morgan fingerprint density at radius 3 is 2.18 bits per heavy atom. The van der Waals surface area contributed by atoms with Crippen molar-refractivity contribution in [2.75, 3.05) is 28.3 Å². The van der Waals surface area contributed by atoms with Crippen molar-refractivity contribution < 1.29 is 9.53 Å². The minimum atomic E-state index is 0. The van der Waals surface area contributed by atoms with Crippen molar-refractivity contribution in [3.63, 3.8) is 0 Å². The van der Waals surface area contributed by atoms with Gasteiger partial charge in [-0.3, -0.25) is 9.79 Å². The Kier molecular flexibility index (Phi) is 10.5. The summed E-state index contributed by atoms with van der Waals surface area (Å²) in [4.78, 5) is 17.8. The van der Waals surface area contributed by atoms with Crippen LogP contribution in [0, 0.1) is 0 Å². The fourth-order valence-electron chi connectivity index (χ4n) is 2.61. The summed E-state index contributed by atoms with van der Waals surface area (Å²) in [6.07, 6.45) is 0. The first kappa shape index (κ1) is 23.9. The van der Waals surface area contributed by atoms with Crippen LogP contribution in [0.15, 0.2) is 53.5 Å². The summed E-state index contributed by atoms with van der Waals surface area (Å²) in [5.74, 6) is 0.725. The van der Waals surface area contributed by atoms with E-state index in [1.807, 2.05) is 36.4 Å². The minimum absolute atomic E-state index is 0. The Morgan fingerprint density at radius 2 is 1.61 bits per heavy atom. The average molecular weight is 496 g/mol. The zero-order valence-corrected chi connectivity index (χ0v) is 19.2. The topological polar surface area (TPSA) is 66.0 Å². The van der Waals surface area contributed by atoms with Gasteiger partial charge in [0.05, 0.1) is 6.61 Å². The maximum absolute atomic E-state index is 11.9. The van der Waals surface area contributed by atoms with E-state index in [1.54, 1.807) is 33.2 Å². The number of halogens is 1. The largest absolute Gasteiger partial charge is 0.380 e. The predicted molar refractivity (Wildman–Crippen MR) is 124 cm³/mol. The summed E-state index contributed by atoms with van der Waals surface area (Å²) in [6, 6.07) is 15.8. The lowest BCUT2D eigenvalue weighted by Gasteiger charge is -2.13. The number of benzene rings is 2. The second-order valence-corrected chi connectivity index (χ2v) is 6.43. The number of ether oxygens (including phenoxy) is 1. The van der Waals surface area contributed by atoms with E-state index >= 15 is 0 Å². The van der Waals surface area contributed by atoms with Gasteiger partial charge in [-0.15, -0.1) is 24.0 Å². The van der Waals surface area contributed by atoms with Gasteiger partial charge in [-0.1, -0.05) is 36.4 Å². The van der Waals surface area contributed by atoms with E-state index in [0.29, 0.717) is 25.3 Å². The van der Waals surface area contributed by atoms with Crippen LogP contribution in [0.2, 0.25) is 0 Å². The van der Waals surface area contributed by atoms with Crippen molar-refractivity contribution in [1.29, 1.82) is 0 Å². The molecule has 0 bridgehead atoms. The van der Waals surface area contributed by atoms with Gasteiger partial charge in [0.15, 0.2) is 5.96 Å². The third-order valence-electron chi connectivity index (χ3n) is 4.05. The van der Waals surface area contributed by atoms with Crippen LogP contribution in [0.25, 0.3) is 0 Å². The Hall–Kier alpha value is -2.13. The molecule has 6 nitrogen and oxygen atoms in total. The molecule has 0 saturated heterocycles. The summed E-state index contributed by atoms with van der Waals surface area (Å²) >= 11 is 0. The number of carbonyl (C=O) groups is 1. The lowest BCUT2D eigenvalue weighted by molar-refractivity contribution is 0.0827. The molecular formula is C21H29IN4O2. The third-order valence-corrected chi connectivity index (χ3v) is 4.05. The number of aliphatic imine (C=N–C) groups is 1. The molecule has 0 fully saturated rings. The van der Waals surface area contributed by atoms with Gasteiger partial charge in [0, 0.05) is 46.9 Å². The van der Waals surface area contributed by atoms with Crippen molar-refractivity contribution in [3.05, 3.63) is 70.8 Å². The second-order valence-electron chi connectivity index (χ2n) is 6.43. The molecule has 7 heteroatoms. The highest BCUT2D eigenvalue weighted by Gasteiger charge is 2.07. The number of guanidine groups is 1. The van der Waals surface area contributed by atoms with Crippen LogP contribution in [-0.4, -0.2) is 45.0 Å². The summed E-state index contributed by atoms with van der Waals surface area (Å²) in [6.45, 7) is 1.90. The molecule has 152 valence electrons. The Labute approximate surface area is 184 Å². The third kappa shape index (κ3) is 7.47. The van der Waals surface area contributed by atoms with Gasteiger partial charge in [-0.05, 0) is 28.8 Å². The van der Waals surface area contributed by atoms with Crippen molar-refractivity contribution >= 4 is 35.8 Å². The van der Waals surface area contributed by atoms with E-state index in [-0.39, 0.29) is 29.9 Å². The van der Waals surface area contributed by atoms with Crippen LogP contribution in [0.5, 0.6) is 0 Å². The molecule has 2 aromatic carbocycles. The molecule has 0 heterocycles. The lowest BCUT2D eigenvalue weighted by atomic mass is 10.1.